The Bertz CT molecular complexity index is 659. The first-order valence-corrected chi connectivity index (χ1v) is 5.41. The van der Waals surface area contributed by atoms with Crippen molar-refractivity contribution in [2.24, 2.45) is 0 Å². The third-order valence-electron chi connectivity index (χ3n) is 2.52. The third kappa shape index (κ3) is 2.79. The van der Waals surface area contributed by atoms with E-state index in [0.717, 1.165) is 5.69 Å². The van der Waals surface area contributed by atoms with Gasteiger partial charge in [-0.3, -0.25) is 10.1 Å². The van der Waals surface area contributed by atoms with Gasteiger partial charge in [0.25, 0.3) is 5.69 Å². The number of rotatable bonds is 3. The molecule has 0 saturated carbocycles. The number of nitro groups is 1. The molecular formula is C13H10N4O2. The lowest BCUT2D eigenvalue weighted by molar-refractivity contribution is -0.384. The summed E-state index contributed by atoms with van der Waals surface area (Å²) in [7, 11) is 0. The Labute approximate surface area is 109 Å². The van der Waals surface area contributed by atoms with Crippen LogP contribution in [0, 0.1) is 21.4 Å². The molecule has 0 atom stereocenters. The van der Waals surface area contributed by atoms with Crippen LogP contribution in [-0.4, -0.2) is 4.92 Å². The fourth-order valence-corrected chi connectivity index (χ4v) is 1.57. The number of nitro benzene ring substituents is 1. The molecule has 0 aliphatic carbocycles. The Morgan fingerprint density at radius 2 is 1.89 bits per heavy atom. The summed E-state index contributed by atoms with van der Waals surface area (Å²) in [6.45, 7) is 0. The van der Waals surface area contributed by atoms with Gasteiger partial charge in [0.1, 0.15) is 6.07 Å². The summed E-state index contributed by atoms with van der Waals surface area (Å²) < 4.78 is 0. The van der Waals surface area contributed by atoms with Crippen LogP contribution >= 0.6 is 0 Å². The molecule has 6 nitrogen and oxygen atoms in total. The van der Waals surface area contributed by atoms with Crippen molar-refractivity contribution in [2.45, 2.75) is 0 Å². The zero-order chi connectivity index (χ0) is 13.8. The van der Waals surface area contributed by atoms with E-state index in [1.54, 1.807) is 24.3 Å². The Kier molecular flexibility index (Phi) is 3.30. The average Bonchev–Trinajstić information content (AvgIpc) is 2.41. The van der Waals surface area contributed by atoms with Crippen LogP contribution in [0.4, 0.5) is 22.7 Å². The smallest absolute Gasteiger partial charge is 0.270 e. The van der Waals surface area contributed by atoms with Gasteiger partial charge in [-0.1, -0.05) is 0 Å². The number of nitrogen functional groups attached to an aromatic ring is 1. The molecule has 0 aliphatic heterocycles. The molecule has 0 fully saturated rings. The number of nitrogens with two attached hydrogens (primary N) is 1. The molecule has 0 aromatic heterocycles. The normalized spacial score (nSPS) is 9.63. The number of hydrogen-bond donors (Lipinski definition) is 2. The van der Waals surface area contributed by atoms with Crippen molar-refractivity contribution in [3.63, 3.8) is 0 Å². The Hall–Kier alpha value is -3.07. The summed E-state index contributed by atoms with van der Waals surface area (Å²) in [6, 6.07) is 13.0. The van der Waals surface area contributed by atoms with E-state index in [1.165, 1.54) is 18.2 Å². The first-order chi connectivity index (χ1) is 9.10. The first kappa shape index (κ1) is 12.4. The summed E-state index contributed by atoms with van der Waals surface area (Å²) in [6.07, 6.45) is 0. The highest BCUT2D eigenvalue weighted by Gasteiger charge is 2.10. The van der Waals surface area contributed by atoms with E-state index in [2.05, 4.69) is 5.32 Å². The summed E-state index contributed by atoms with van der Waals surface area (Å²) in [5.41, 5.74) is 7.57. The number of benzene rings is 2. The lowest BCUT2D eigenvalue weighted by atomic mass is 10.1. The van der Waals surface area contributed by atoms with E-state index in [-0.39, 0.29) is 11.3 Å². The molecule has 0 bridgehead atoms. The number of nitriles is 1. The molecule has 0 saturated heterocycles. The van der Waals surface area contributed by atoms with Crippen molar-refractivity contribution in [1.82, 2.24) is 0 Å². The number of hydrogen-bond acceptors (Lipinski definition) is 5. The minimum Gasteiger partial charge on any atom is -0.399 e. The maximum absolute atomic E-state index is 10.6. The van der Waals surface area contributed by atoms with Crippen LogP contribution in [0.2, 0.25) is 0 Å². The molecule has 0 aliphatic rings. The van der Waals surface area contributed by atoms with Crippen molar-refractivity contribution in [3.05, 3.63) is 58.1 Å². The summed E-state index contributed by atoms with van der Waals surface area (Å²) in [5.74, 6) is 0. The molecule has 0 amide bonds. The molecule has 2 aromatic rings. The standard InChI is InChI=1S/C13H10N4O2/c14-8-9-7-12(17(18)19)5-6-13(9)16-11-3-1-10(15)2-4-11/h1-7,16H,15H2. The maximum Gasteiger partial charge on any atom is 0.270 e. The monoisotopic (exact) mass is 254 g/mol. The SMILES string of the molecule is N#Cc1cc([N+](=O)[O-])ccc1Nc1ccc(N)cc1. The largest absolute Gasteiger partial charge is 0.399 e. The second-order valence-corrected chi connectivity index (χ2v) is 3.85. The second kappa shape index (κ2) is 5.06. The molecule has 2 aromatic carbocycles. The minimum atomic E-state index is -0.534. The van der Waals surface area contributed by atoms with Gasteiger partial charge in [-0.2, -0.15) is 5.26 Å². The van der Waals surface area contributed by atoms with E-state index in [9.17, 15) is 10.1 Å². The topological polar surface area (TPSA) is 105 Å². The van der Waals surface area contributed by atoms with E-state index >= 15 is 0 Å². The molecule has 6 heteroatoms. The van der Waals surface area contributed by atoms with Crippen LogP contribution in [0.25, 0.3) is 0 Å². The maximum atomic E-state index is 10.6. The zero-order valence-electron chi connectivity index (χ0n) is 9.83. The summed E-state index contributed by atoms with van der Waals surface area (Å²) >= 11 is 0. The molecule has 0 heterocycles. The number of nitrogens with zero attached hydrogens (tertiary/aromatic N) is 2. The molecule has 0 radical (unpaired) electrons. The van der Waals surface area contributed by atoms with Crippen molar-refractivity contribution >= 4 is 22.7 Å². The van der Waals surface area contributed by atoms with Crippen molar-refractivity contribution in [1.29, 1.82) is 5.26 Å². The van der Waals surface area contributed by atoms with Crippen LogP contribution in [0.3, 0.4) is 0 Å². The van der Waals surface area contributed by atoms with Gasteiger partial charge in [-0.25, -0.2) is 0 Å². The lowest BCUT2D eigenvalue weighted by Crippen LogP contribution is -1.96. The third-order valence-corrected chi connectivity index (χ3v) is 2.52. The second-order valence-electron chi connectivity index (χ2n) is 3.85. The predicted octanol–water partition coefficient (Wildman–Crippen LogP) is 2.79. The molecular weight excluding hydrogens is 244 g/mol. The van der Waals surface area contributed by atoms with Gasteiger partial charge in [0.2, 0.25) is 0 Å². The van der Waals surface area contributed by atoms with Crippen LogP contribution in [-0.2, 0) is 0 Å². The fourth-order valence-electron chi connectivity index (χ4n) is 1.57. The molecule has 3 N–H and O–H groups in total. The van der Waals surface area contributed by atoms with Gasteiger partial charge >= 0.3 is 0 Å². The molecule has 94 valence electrons. The van der Waals surface area contributed by atoms with E-state index in [4.69, 9.17) is 11.0 Å². The van der Waals surface area contributed by atoms with Crippen LogP contribution < -0.4 is 11.1 Å². The highest BCUT2D eigenvalue weighted by Crippen LogP contribution is 2.25. The predicted molar refractivity (Wildman–Crippen MR) is 71.9 cm³/mol. The minimum absolute atomic E-state index is 0.112. The van der Waals surface area contributed by atoms with E-state index in [1.807, 2.05) is 6.07 Å². The van der Waals surface area contributed by atoms with Gasteiger partial charge in [-0.05, 0) is 30.3 Å². The number of non-ortho nitro benzene ring substituents is 1. The number of anilines is 3. The molecule has 0 spiro atoms. The summed E-state index contributed by atoms with van der Waals surface area (Å²) in [5, 5.41) is 22.7. The zero-order valence-corrected chi connectivity index (χ0v) is 9.83. The fraction of sp³-hybridized carbons (Fsp3) is 0. The van der Waals surface area contributed by atoms with Gasteiger partial charge in [0, 0.05) is 23.5 Å². The average molecular weight is 254 g/mol. The first-order valence-electron chi connectivity index (χ1n) is 5.41. The van der Waals surface area contributed by atoms with Crippen molar-refractivity contribution in [3.8, 4) is 6.07 Å². The van der Waals surface area contributed by atoms with E-state index in [0.29, 0.717) is 11.4 Å². The quantitative estimate of drug-likeness (QED) is 0.497. The van der Waals surface area contributed by atoms with Crippen LogP contribution in [0.1, 0.15) is 5.56 Å². The molecule has 0 unspecified atom stereocenters. The van der Waals surface area contributed by atoms with Gasteiger partial charge < -0.3 is 11.1 Å². The summed E-state index contributed by atoms with van der Waals surface area (Å²) in [4.78, 5) is 10.1. The molecule has 2 rings (SSSR count). The number of nitrogens with one attached hydrogen (secondary N) is 1. The van der Waals surface area contributed by atoms with E-state index < -0.39 is 4.92 Å². The molecule has 19 heavy (non-hydrogen) atoms. The van der Waals surface area contributed by atoms with Crippen molar-refractivity contribution in [2.75, 3.05) is 11.1 Å². The van der Waals surface area contributed by atoms with Crippen LogP contribution in [0.15, 0.2) is 42.5 Å². The van der Waals surface area contributed by atoms with Crippen LogP contribution in [0.5, 0.6) is 0 Å². The van der Waals surface area contributed by atoms with Gasteiger partial charge in [-0.15, -0.1) is 0 Å². The van der Waals surface area contributed by atoms with Crippen molar-refractivity contribution < 1.29 is 4.92 Å². The Morgan fingerprint density at radius 3 is 2.47 bits per heavy atom. The van der Waals surface area contributed by atoms with Gasteiger partial charge in [0.05, 0.1) is 16.2 Å². The Balaban J connectivity index is 2.33. The highest BCUT2D eigenvalue weighted by atomic mass is 16.6. The highest BCUT2D eigenvalue weighted by molar-refractivity contribution is 5.69. The van der Waals surface area contributed by atoms with Gasteiger partial charge in [0.15, 0.2) is 0 Å². The lowest BCUT2D eigenvalue weighted by Gasteiger charge is -2.08. The Morgan fingerprint density at radius 1 is 1.21 bits per heavy atom.